The molecule has 2 aromatic carbocycles. The second kappa shape index (κ2) is 10.9. The average Bonchev–Trinajstić information content (AvgIpc) is 2.68. The Morgan fingerprint density at radius 2 is 1.64 bits per heavy atom. The second-order valence-corrected chi connectivity index (χ2v) is 6.07. The van der Waals surface area contributed by atoms with Gasteiger partial charge in [-0.2, -0.15) is 0 Å². The molecule has 0 saturated carbocycles. The third kappa shape index (κ3) is 6.53. The number of anilines is 2. The summed E-state index contributed by atoms with van der Waals surface area (Å²) < 4.78 is 27.0. The van der Waals surface area contributed by atoms with Crippen molar-refractivity contribution in [1.29, 1.82) is 0 Å². The average molecular weight is 390 g/mol. The monoisotopic (exact) mass is 390 g/mol. The lowest BCUT2D eigenvalue weighted by molar-refractivity contribution is 0.240. The molecular formula is C20H24F2N4O2. The molecule has 0 atom stereocenters. The Morgan fingerprint density at radius 3 is 2.32 bits per heavy atom. The number of hydrogen-bond acceptors (Lipinski definition) is 2. The van der Waals surface area contributed by atoms with Crippen molar-refractivity contribution < 1.29 is 18.4 Å². The molecule has 0 aliphatic rings. The summed E-state index contributed by atoms with van der Waals surface area (Å²) in [6, 6.07) is 10.2. The van der Waals surface area contributed by atoms with Crippen molar-refractivity contribution in [3.05, 3.63) is 60.2 Å². The van der Waals surface area contributed by atoms with Gasteiger partial charge in [-0.1, -0.05) is 25.5 Å². The highest BCUT2D eigenvalue weighted by atomic mass is 19.1. The molecule has 0 saturated heterocycles. The summed E-state index contributed by atoms with van der Waals surface area (Å²) in [6.45, 7) is 2.87. The molecule has 0 fully saturated rings. The highest BCUT2D eigenvalue weighted by Crippen LogP contribution is 2.18. The van der Waals surface area contributed by atoms with Crippen LogP contribution >= 0.6 is 0 Å². The largest absolute Gasteiger partial charge is 0.338 e. The van der Waals surface area contributed by atoms with E-state index in [-0.39, 0.29) is 24.8 Å². The van der Waals surface area contributed by atoms with Crippen LogP contribution < -0.4 is 20.9 Å². The van der Waals surface area contributed by atoms with Crippen molar-refractivity contribution >= 4 is 23.4 Å². The molecule has 2 aromatic rings. The van der Waals surface area contributed by atoms with E-state index < -0.39 is 17.7 Å². The van der Waals surface area contributed by atoms with Crippen LogP contribution in [0.3, 0.4) is 0 Å². The molecule has 0 spiro atoms. The molecule has 150 valence electrons. The van der Waals surface area contributed by atoms with E-state index in [4.69, 9.17) is 0 Å². The van der Waals surface area contributed by atoms with E-state index in [1.54, 1.807) is 6.07 Å². The number of benzene rings is 2. The smallest absolute Gasteiger partial charge is 0.326 e. The quantitative estimate of drug-likeness (QED) is 0.594. The zero-order valence-corrected chi connectivity index (χ0v) is 15.7. The fourth-order valence-electron chi connectivity index (χ4n) is 2.44. The van der Waals surface area contributed by atoms with Gasteiger partial charge in [-0.05, 0) is 42.8 Å². The van der Waals surface area contributed by atoms with Crippen LogP contribution in [-0.4, -0.2) is 31.7 Å². The summed E-state index contributed by atoms with van der Waals surface area (Å²) in [4.78, 5) is 25.7. The number of unbranched alkanes of at least 4 members (excludes halogenated alkanes) is 1. The number of carbonyl (C=O) groups is 2. The van der Waals surface area contributed by atoms with Crippen LogP contribution in [0.4, 0.5) is 29.7 Å². The minimum Gasteiger partial charge on any atom is -0.338 e. The molecule has 0 bridgehead atoms. The number of urea groups is 2. The number of amides is 4. The van der Waals surface area contributed by atoms with Crippen molar-refractivity contribution in [3.8, 4) is 0 Å². The van der Waals surface area contributed by atoms with Crippen molar-refractivity contribution in [1.82, 2.24) is 10.6 Å². The van der Waals surface area contributed by atoms with Gasteiger partial charge in [0.05, 0.1) is 5.69 Å². The summed E-state index contributed by atoms with van der Waals surface area (Å²) in [5.41, 5.74) is 0.452. The second-order valence-electron chi connectivity index (χ2n) is 6.07. The van der Waals surface area contributed by atoms with Crippen molar-refractivity contribution in [2.24, 2.45) is 0 Å². The topological polar surface area (TPSA) is 73.5 Å². The predicted octanol–water partition coefficient (Wildman–Crippen LogP) is 4.10. The SMILES string of the molecule is CCCCNC(=O)NCCN(C(=O)Nc1ccccc1F)c1ccc(F)cc1. The molecule has 8 heteroatoms. The van der Waals surface area contributed by atoms with Gasteiger partial charge >= 0.3 is 12.1 Å². The van der Waals surface area contributed by atoms with Gasteiger partial charge in [-0.15, -0.1) is 0 Å². The summed E-state index contributed by atoms with van der Waals surface area (Å²) in [6.07, 6.45) is 1.84. The molecule has 0 heterocycles. The molecule has 4 amide bonds. The Morgan fingerprint density at radius 1 is 0.964 bits per heavy atom. The third-order valence-electron chi connectivity index (χ3n) is 3.94. The summed E-state index contributed by atoms with van der Waals surface area (Å²) in [5, 5.41) is 7.87. The van der Waals surface area contributed by atoms with Crippen LogP contribution in [0.2, 0.25) is 0 Å². The molecule has 0 unspecified atom stereocenters. The van der Waals surface area contributed by atoms with Gasteiger partial charge in [0.2, 0.25) is 0 Å². The Labute approximate surface area is 162 Å². The minimum atomic E-state index is -0.593. The number of nitrogens with zero attached hydrogens (tertiary/aromatic N) is 1. The number of carbonyl (C=O) groups excluding carboxylic acids is 2. The third-order valence-corrected chi connectivity index (χ3v) is 3.94. The van der Waals surface area contributed by atoms with Crippen LogP contribution in [0.1, 0.15) is 19.8 Å². The van der Waals surface area contributed by atoms with Gasteiger partial charge in [0, 0.05) is 25.3 Å². The first-order valence-electron chi connectivity index (χ1n) is 9.11. The van der Waals surface area contributed by atoms with Gasteiger partial charge in [0.25, 0.3) is 0 Å². The van der Waals surface area contributed by atoms with E-state index in [0.717, 1.165) is 12.8 Å². The summed E-state index contributed by atoms with van der Waals surface area (Å²) in [7, 11) is 0. The molecule has 6 nitrogen and oxygen atoms in total. The lowest BCUT2D eigenvalue weighted by Crippen LogP contribution is -2.43. The lowest BCUT2D eigenvalue weighted by atomic mass is 10.2. The Kier molecular flexibility index (Phi) is 8.20. The zero-order valence-electron chi connectivity index (χ0n) is 15.7. The first-order valence-corrected chi connectivity index (χ1v) is 9.11. The lowest BCUT2D eigenvalue weighted by Gasteiger charge is -2.23. The molecule has 2 rings (SSSR count). The Bertz CT molecular complexity index is 784. The van der Waals surface area contributed by atoms with Gasteiger partial charge in [0.15, 0.2) is 0 Å². The molecule has 0 radical (unpaired) electrons. The van der Waals surface area contributed by atoms with E-state index in [1.807, 2.05) is 6.92 Å². The molecule has 0 aliphatic carbocycles. The van der Waals surface area contributed by atoms with E-state index in [0.29, 0.717) is 12.2 Å². The van der Waals surface area contributed by atoms with Crippen molar-refractivity contribution in [3.63, 3.8) is 0 Å². The van der Waals surface area contributed by atoms with Crippen LogP contribution in [0.15, 0.2) is 48.5 Å². The molecule has 0 aromatic heterocycles. The molecule has 28 heavy (non-hydrogen) atoms. The zero-order chi connectivity index (χ0) is 20.4. The maximum Gasteiger partial charge on any atom is 0.326 e. The summed E-state index contributed by atoms with van der Waals surface area (Å²) >= 11 is 0. The van der Waals surface area contributed by atoms with Crippen molar-refractivity contribution in [2.45, 2.75) is 19.8 Å². The van der Waals surface area contributed by atoms with Gasteiger partial charge in [0.1, 0.15) is 11.6 Å². The van der Waals surface area contributed by atoms with Crippen LogP contribution in [0.25, 0.3) is 0 Å². The number of rotatable bonds is 8. The highest BCUT2D eigenvalue weighted by Gasteiger charge is 2.17. The standard InChI is InChI=1S/C20H24F2N4O2/c1-2-3-12-23-19(27)24-13-14-26(16-10-8-15(21)9-11-16)20(28)25-18-7-5-4-6-17(18)22/h4-11H,2-3,12-14H2,1H3,(H,25,28)(H2,23,24,27). The van der Waals surface area contributed by atoms with Crippen LogP contribution in [0, 0.1) is 11.6 Å². The molecular weight excluding hydrogens is 366 g/mol. The fraction of sp³-hybridized carbons (Fsp3) is 0.300. The Balaban J connectivity index is 2.03. The number of hydrogen-bond donors (Lipinski definition) is 3. The van der Waals surface area contributed by atoms with Crippen LogP contribution in [-0.2, 0) is 0 Å². The highest BCUT2D eigenvalue weighted by molar-refractivity contribution is 6.01. The number of nitrogens with one attached hydrogen (secondary N) is 3. The van der Waals surface area contributed by atoms with E-state index in [1.165, 1.54) is 47.4 Å². The predicted molar refractivity (Wildman–Crippen MR) is 105 cm³/mol. The maximum atomic E-state index is 13.8. The first kappa shape index (κ1) is 21.1. The normalized spacial score (nSPS) is 10.2. The first-order chi connectivity index (χ1) is 13.5. The Hall–Kier alpha value is -3.16. The van der Waals surface area contributed by atoms with Crippen molar-refractivity contribution in [2.75, 3.05) is 29.9 Å². The summed E-state index contributed by atoms with van der Waals surface area (Å²) in [5.74, 6) is -1.00. The molecule has 0 aliphatic heterocycles. The van der Waals surface area contributed by atoms with E-state index >= 15 is 0 Å². The number of para-hydroxylation sites is 1. The van der Waals surface area contributed by atoms with Gasteiger partial charge in [-0.3, -0.25) is 4.90 Å². The fourth-order valence-corrected chi connectivity index (χ4v) is 2.44. The maximum absolute atomic E-state index is 13.8. The number of halogens is 2. The van der Waals surface area contributed by atoms with Gasteiger partial charge in [-0.25, -0.2) is 18.4 Å². The van der Waals surface area contributed by atoms with E-state index in [9.17, 15) is 18.4 Å². The van der Waals surface area contributed by atoms with Gasteiger partial charge < -0.3 is 16.0 Å². The minimum absolute atomic E-state index is 0.0323. The van der Waals surface area contributed by atoms with E-state index in [2.05, 4.69) is 16.0 Å². The molecule has 3 N–H and O–H groups in total. The van der Waals surface area contributed by atoms with Crippen LogP contribution in [0.5, 0.6) is 0 Å².